The lowest BCUT2D eigenvalue weighted by Crippen LogP contribution is -2.02. The lowest BCUT2D eigenvalue weighted by Gasteiger charge is -2.12. The SMILES string of the molecule is CCCOc1c(/C=N\n2cnnc2SCc2ccccc2)cccc1OC. The number of aromatic nitrogens is 3. The number of hydrogen-bond donors (Lipinski definition) is 0. The van der Waals surface area contributed by atoms with Gasteiger partial charge in [0.2, 0.25) is 5.16 Å². The Hall–Kier alpha value is -2.80. The zero-order chi connectivity index (χ0) is 18.9. The quantitative estimate of drug-likeness (QED) is 0.409. The van der Waals surface area contributed by atoms with Crippen molar-refractivity contribution in [3.05, 3.63) is 66.0 Å². The first-order chi connectivity index (χ1) is 13.3. The number of nitrogens with zero attached hydrogens (tertiary/aromatic N) is 4. The maximum absolute atomic E-state index is 5.85. The van der Waals surface area contributed by atoms with Crippen LogP contribution < -0.4 is 9.47 Å². The van der Waals surface area contributed by atoms with E-state index < -0.39 is 0 Å². The molecular formula is C20H22N4O2S. The standard InChI is InChI=1S/C20H22N4O2S/c1-3-12-26-19-17(10-7-11-18(19)25-2)13-22-24-15-21-23-20(24)27-14-16-8-5-4-6-9-16/h4-11,13,15H,3,12,14H2,1-2H3/b22-13-. The molecule has 2 aromatic carbocycles. The molecule has 3 aromatic rings. The second kappa shape index (κ2) is 9.78. The minimum Gasteiger partial charge on any atom is -0.493 e. The van der Waals surface area contributed by atoms with Gasteiger partial charge in [0.1, 0.15) is 6.33 Å². The van der Waals surface area contributed by atoms with Gasteiger partial charge in [0.05, 0.1) is 19.9 Å². The molecule has 0 aliphatic carbocycles. The van der Waals surface area contributed by atoms with Gasteiger partial charge in [-0.15, -0.1) is 10.2 Å². The Morgan fingerprint density at radius 1 is 1.15 bits per heavy atom. The van der Waals surface area contributed by atoms with Crippen molar-refractivity contribution >= 4 is 18.0 Å². The van der Waals surface area contributed by atoms with Crippen molar-refractivity contribution in [2.24, 2.45) is 5.10 Å². The van der Waals surface area contributed by atoms with Crippen LogP contribution in [-0.4, -0.2) is 34.8 Å². The molecule has 0 atom stereocenters. The van der Waals surface area contributed by atoms with Gasteiger partial charge in [-0.2, -0.15) is 9.78 Å². The summed E-state index contributed by atoms with van der Waals surface area (Å²) in [5.74, 6) is 2.19. The van der Waals surface area contributed by atoms with Gasteiger partial charge >= 0.3 is 0 Å². The highest BCUT2D eigenvalue weighted by molar-refractivity contribution is 7.98. The minimum atomic E-state index is 0.617. The van der Waals surface area contributed by atoms with Gasteiger partial charge in [-0.1, -0.05) is 55.1 Å². The van der Waals surface area contributed by atoms with Crippen molar-refractivity contribution in [1.29, 1.82) is 0 Å². The van der Waals surface area contributed by atoms with E-state index in [0.29, 0.717) is 18.1 Å². The molecule has 0 fully saturated rings. The lowest BCUT2D eigenvalue weighted by molar-refractivity contribution is 0.294. The Morgan fingerprint density at radius 3 is 2.78 bits per heavy atom. The van der Waals surface area contributed by atoms with E-state index in [1.54, 1.807) is 36.1 Å². The zero-order valence-electron chi connectivity index (χ0n) is 15.4. The molecule has 0 radical (unpaired) electrons. The van der Waals surface area contributed by atoms with E-state index in [9.17, 15) is 0 Å². The van der Waals surface area contributed by atoms with Gasteiger partial charge in [-0.05, 0) is 24.1 Å². The van der Waals surface area contributed by atoms with Crippen LogP contribution in [-0.2, 0) is 5.75 Å². The van der Waals surface area contributed by atoms with Crippen LogP contribution in [0.15, 0.2) is 65.1 Å². The van der Waals surface area contributed by atoms with Crippen LogP contribution in [0.4, 0.5) is 0 Å². The first-order valence-electron chi connectivity index (χ1n) is 8.72. The first-order valence-corrected chi connectivity index (χ1v) is 9.71. The molecule has 0 saturated carbocycles. The number of ether oxygens (including phenoxy) is 2. The van der Waals surface area contributed by atoms with Gasteiger partial charge in [0.15, 0.2) is 11.5 Å². The van der Waals surface area contributed by atoms with Gasteiger partial charge in [-0.3, -0.25) is 0 Å². The molecule has 27 heavy (non-hydrogen) atoms. The first kappa shape index (κ1) is 19.0. The summed E-state index contributed by atoms with van der Waals surface area (Å²) in [6.07, 6.45) is 4.25. The number of hydrogen-bond acceptors (Lipinski definition) is 6. The zero-order valence-corrected chi connectivity index (χ0v) is 16.2. The van der Waals surface area contributed by atoms with E-state index in [0.717, 1.165) is 22.9 Å². The Labute approximate surface area is 163 Å². The average Bonchev–Trinajstić information content (AvgIpc) is 3.17. The third kappa shape index (κ3) is 5.10. The van der Waals surface area contributed by atoms with Crippen LogP contribution >= 0.6 is 11.8 Å². The Bertz CT molecular complexity index is 881. The fourth-order valence-electron chi connectivity index (χ4n) is 2.39. The summed E-state index contributed by atoms with van der Waals surface area (Å²) in [7, 11) is 1.63. The van der Waals surface area contributed by atoms with Crippen molar-refractivity contribution in [3.63, 3.8) is 0 Å². The Morgan fingerprint density at radius 2 is 2.00 bits per heavy atom. The summed E-state index contributed by atoms with van der Waals surface area (Å²) in [6.45, 7) is 2.68. The molecule has 0 aliphatic heterocycles. The van der Waals surface area contributed by atoms with Gasteiger partial charge in [0, 0.05) is 11.3 Å². The van der Waals surface area contributed by atoms with Crippen molar-refractivity contribution in [2.45, 2.75) is 24.3 Å². The molecule has 0 N–H and O–H groups in total. The van der Waals surface area contributed by atoms with Crippen LogP contribution in [0.3, 0.4) is 0 Å². The molecule has 0 saturated heterocycles. The summed E-state index contributed by atoms with van der Waals surface area (Å²) in [5, 5.41) is 13.4. The maximum Gasteiger partial charge on any atom is 0.212 e. The molecular weight excluding hydrogens is 360 g/mol. The molecule has 3 rings (SSSR count). The normalized spacial score (nSPS) is 11.0. The molecule has 0 unspecified atom stereocenters. The van der Waals surface area contributed by atoms with Gasteiger partial charge in [-0.25, -0.2) is 0 Å². The summed E-state index contributed by atoms with van der Waals surface area (Å²) < 4.78 is 12.9. The summed E-state index contributed by atoms with van der Waals surface area (Å²) in [6, 6.07) is 16.0. The second-order valence-corrected chi connectivity index (χ2v) is 6.65. The fourth-order valence-corrected chi connectivity index (χ4v) is 3.21. The predicted octanol–water partition coefficient (Wildman–Crippen LogP) is 4.25. The van der Waals surface area contributed by atoms with Gasteiger partial charge < -0.3 is 9.47 Å². The van der Waals surface area contributed by atoms with Crippen molar-refractivity contribution in [1.82, 2.24) is 14.9 Å². The van der Waals surface area contributed by atoms with Crippen LogP contribution in [0, 0.1) is 0 Å². The molecule has 0 bridgehead atoms. The van der Waals surface area contributed by atoms with Crippen molar-refractivity contribution < 1.29 is 9.47 Å². The molecule has 0 spiro atoms. The van der Waals surface area contributed by atoms with E-state index >= 15 is 0 Å². The summed E-state index contributed by atoms with van der Waals surface area (Å²) >= 11 is 1.59. The summed E-state index contributed by atoms with van der Waals surface area (Å²) in [4.78, 5) is 0. The van der Waals surface area contributed by atoms with E-state index in [1.165, 1.54) is 5.56 Å². The predicted molar refractivity (Wildman–Crippen MR) is 108 cm³/mol. The maximum atomic E-state index is 5.85. The van der Waals surface area contributed by atoms with Crippen LogP contribution in [0.5, 0.6) is 11.5 Å². The fraction of sp³-hybridized carbons (Fsp3) is 0.250. The lowest BCUT2D eigenvalue weighted by atomic mass is 10.2. The highest BCUT2D eigenvalue weighted by atomic mass is 32.2. The van der Waals surface area contributed by atoms with E-state index in [4.69, 9.17) is 9.47 Å². The van der Waals surface area contributed by atoms with E-state index in [1.807, 2.05) is 36.4 Å². The van der Waals surface area contributed by atoms with Crippen molar-refractivity contribution in [3.8, 4) is 11.5 Å². The number of rotatable bonds is 9. The number of benzene rings is 2. The molecule has 0 aliphatic rings. The highest BCUT2D eigenvalue weighted by Crippen LogP contribution is 2.30. The largest absolute Gasteiger partial charge is 0.493 e. The Balaban J connectivity index is 1.76. The van der Waals surface area contributed by atoms with Crippen LogP contribution in [0.1, 0.15) is 24.5 Å². The average molecular weight is 382 g/mol. The number of thioether (sulfide) groups is 1. The Kier molecular flexibility index (Phi) is 6.87. The molecule has 7 heteroatoms. The molecule has 140 valence electrons. The smallest absolute Gasteiger partial charge is 0.212 e. The van der Waals surface area contributed by atoms with Gasteiger partial charge in [0.25, 0.3) is 0 Å². The van der Waals surface area contributed by atoms with Crippen molar-refractivity contribution in [2.75, 3.05) is 13.7 Å². The minimum absolute atomic E-state index is 0.617. The topological polar surface area (TPSA) is 61.5 Å². The highest BCUT2D eigenvalue weighted by Gasteiger charge is 2.10. The summed E-state index contributed by atoms with van der Waals surface area (Å²) in [5.41, 5.74) is 2.07. The third-order valence-corrected chi connectivity index (χ3v) is 4.72. The van der Waals surface area contributed by atoms with E-state index in [-0.39, 0.29) is 0 Å². The number of para-hydroxylation sites is 1. The third-order valence-electron chi connectivity index (χ3n) is 3.71. The molecule has 1 heterocycles. The molecule has 6 nitrogen and oxygen atoms in total. The second-order valence-electron chi connectivity index (χ2n) is 5.70. The van der Waals surface area contributed by atoms with Crippen LogP contribution in [0.25, 0.3) is 0 Å². The monoisotopic (exact) mass is 382 g/mol. The van der Waals surface area contributed by atoms with E-state index in [2.05, 4.69) is 34.4 Å². The van der Waals surface area contributed by atoms with Crippen LogP contribution in [0.2, 0.25) is 0 Å². The molecule has 0 amide bonds. The number of methoxy groups -OCH3 is 1. The molecule has 1 aromatic heterocycles.